The average molecular weight is 421 g/mol. The van der Waals surface area contributed by atoms with Gasteiger partial charge in [0.1, 0.15) is 17.1 Å². The number of anilines is 1. The molecule has 2 amide bonds. The summed E-state index contributed by atoms with van der Waals surface area (Å²) in [4.78, 5) is 28.4. The molecule has 0 aliphatic carbocycles. The van der Waals surface area contributed by atoms with E-state index >= 15 is 0 Å². The number of hydrogen-bond donors (Lipinski definition) is 1. The first-order valence-electron chi connectivity index (χ1n) is 9.76. The van der Waals surface area contributed by atoms with Gasteiger partial charge >= 0.3 is 0 Å². The molecule has 3 aromatic rings. The van der Waals surface area contributed by atoms with Gasteiger partial charge in [0.15, 0.2) is 0 Å². The number of rotatable bonds is 6. The van der Waals surface area contributed by atoms with Gasteiger partial charge in [0, 0.05) is 11.4 Å². The van der Waals surface area contributed by atoms with Crippen LogP contribution >= 0.6 is 11.8 Å². The maximum atomic E-state index is 14.1. The number of hydrogen-bond acceptors (Lipinski definition) is 3. The lowest BCUT2D eigenvalue weighted by molar-refractivity contribution is -0.126. The highest BCUT2D eigenvalue weighted by Gasteiger charge is 2.36. The minimum atomic E-state index is -0.667. The summed E-state index contributed by atoms with van der Waals surface area (Å²) in [5, 5.41) is 2.40. The number of carbonyl (C=O) groups excluding carboxylic acids is 2. The largest absolute Gasteiger partial charge is 0.343 e. The number of nitrogens with zero attached hydrogens (tertiary/aromatic N) is 1. The van der Waals surface area contributed by atoms with Crippen LogP contribution < -0.4 is 10.2 Å². The number of nitrogens with one attached hydrogen (secondary N) is 1. The summed E-state index contributed by atoms with van der Waals surface area (Å²) in [5.74, 6) is -0.964. The molecule has 1 aliphatic rings. The van der Waals surface area contributed by atoms with E-state index in [-0.39, 0.29) is 17.5 Å². The summed E-state index contributed by atoms with van der Waals surface area (Å²) in [6, 6.07) is 24.7. The van der Waals surface area contributed by atoms with Crippen LogP contribution in [0.1, 0.15) is 17.2 Å². The second kappa shape index (κ2) is 9.13. The van der Waals surface area contributed by atoms with E-state index in [1.807, 2.05) is 60.7 Å². The summed E-state index contributed by atoms with van der Waals surface area (Å²) in [6.45, 7) is 0.368. The Labute approximate surface area is 179 Å². The molecule has 0 saturated carbocycles. The Hall–Kier alpha value is -3.12. The van der Waals surface area contributed by atoms with Gasteiger partial charge in [-0.3, -0.25) is 9.59 Å². The van der Waals surface area contributed by atoms with E-state index in [2.05, 4.69) is 5.32 Å². The second-order valence-electron chi connectivity index (χ2n) is 7.01. The zero-order valence-electron chi connectivity index (χ0n) is 16.2. The molecule has 2 atom stereocenters. The van der Waals surface area contributed by atoms with Crippen molar-refractivity contribution in [3.63, 3.8) is 0 Å². The molecule has 0 bridgehead atoms. The van der Waals surface area contributed by atoms with Gasteiger partial charge in [0.05, 0.1) is 5.69 Å². The zero-order chi connectivity index (χ0) is 20.9. The van der Waals surface area contributed by atoms with Crippen LogP contribution in [-0.4, -0.2) is 24.4 Å². The third-order valence-corrected chi connectivity index (χ3v) is 6.27. The summed E-state index contributed by atoms with van der Waals surface area (Å²) < 4.78 is 14.1. The molecule has 0 radical (unpaired) electrons. The number of benzene rings is 3. The molecule has 152 valence electrons. The molecule has 2 unspecified atom stereocenters. The van der Waals surface area contributed by atoms with E-state index in [0.717, 1.165) is 10.5 Å². The minimum absolute atomic E-state index is 0.233. The number of carbonyl (C=O) groups is 2. The minimum Gasteiger partial charge on any atom is -0.343 e. The molecule has 4 rings (SSSR count). The van der Waals surface area contributed by atoms with Crippen LogP contribution in [0.2, 0.25) is 0 Å². The Morgan fingerprint density at radius 3 is 2.30 bits per heavy atom. The molecule has 30 heavy (non-hydrogen) atoms. The van der Waals surface area contributed by atoms with Gasteiger partial charge in [0.25, 0.3) is 0 Å². The van der Waals surface area contributed by atoms with E-state index in [9.17, 15) is 14.0 Å². The molecule has 4 nitrogen and oxygen atoms in total. The lowest BCUT2D eigenvalue weighted by Crippen LogP contribution is -2.43. The van der Waals surface area contributed by atoms with Gasteiger partial charge in [-0.05, 0) is 36.2 Å². The molecule has 1 heterocycles. The highest BCUT2D eigenvalue weighted by atomic mass is 32.2. The molecule has 0 aromatic heterocycles. The first-order valence-corrected chi connectivity index (χ1v) is 10.6. The summed E-state index contributed by atoms with van der Waals surface area (Å²) in [7, 11) is 0. The summed E-state index contributed by atoms with van der Waals surface area (Å²) in [6.07, 6.45) is 0.441. The predicted octanol–water partition coefficient (Wildman–Crippen LogP) is 4.58. The molecule has 1 aliphatic heterocycles. The Morgan fingerprint density at radius 1 is 0.967 bits per heavy atom. The molecule has 1 saturated heterocycles. The molecule has 6 heteroatoms. The first kappa shape index (κ1) is 20.2. The lowest BCUT2D eigenvalue weighted by Gasteiger charge is -2.21. The Morgan fingerprint density at radius 2 is 1.60 bits per heavy atom. The fourth-order valence-electron chi connectivity index (χ4n) is 3.51. The van der Waals surface area contributed by atoms with Gasteiger partial charge in [-0.2, -0.15) is 0 Å². The number of thioether (sulfide) groups is 1. The van der Waals surface area contributed by atoms with Crippen LogP contribution in [0.5, 0.6) is 0 Å². The molecule has 1 N–H and O–H groups in total. The van der Waals surface area contributed by atoms with Crippen molar-refractivity contribution in [1.82, 2.24) is 5.32 Å². The highest BCUT2D eigenvalue weighted by molar-refractivity contribution is 8.00. The highest BCUT2D eigenvalue weighted by Crippen LogP contribution is 2.35. The van der Waals surface area contributed by atoms with Gasteiger partial charge in [-0.1, -0.05) is 60.7 Å². The van der Waals surface area contributed by atoms with Crippen LogP contribution in [0.4, 0.5) is 10.1 Å². The fourth-order valence-corrected chi connectivity index (χ4v) is 4.56. The Balaban J connectivity index is 1.51. The topological polar surface area (TPSA) is 49.4 Å². The third kappa shape index (κ3) is 4.39. The van der Waals surface area contributed by atoms with Crippen LogP contribution in [0.25, 0.3) is 0 Å². The van der Waals surface area contributed by atoms with Crippen molar-refractivity contribution >= 4 is 29.3 Å². The van der Waals surface area contributed by atoms with Crippen molar-refractivity contribution in [2.24, 2.45) is 0 Å². The van der Waals surface area contributed by atoms with E-state index in [4.69, 9.17) is 0 Å². The second-order valence-corrected chi connectivity index (χ2v) is 8.19. The van der Waals surface area contributed by atoms with E-state index < -0.39 is 17.1 Å². The van der Waals surface area contributed by atoms with E-state index in [1.54, 1.807) is 18.2 Å². The summed E-state index contributed by atoms with van der Waals surface area (Å²) >= 11 is 1.44. The van der Waals surface area contributed by atoms with Crippen molar-refractivity contribution in [3.05, 3.63) is 96.3 Å². The maximum absolute atomic E-state index is 14.1. The maximum Gasteiger partial charge on any atom is 0.249 e. The van der Waals surface area contributed by atoms with Gasteiger partial charge in [0.2, 0.25) is 11.8 Å². The van der Waals surface area contributed by atoms with Crippen LogP contribution in [0.15, 0.2) is 89.8 Å². The number of halogens is 1. The third-order valence-electron chi connectivity index (χ3n) is 5.00. The van der Waals surface area contributed by atoms with E-state index in [1.165, 1.54) is 22.7 Å². The molecule has 3 aromatic carbocycles. The normalized spacial score (nSPS) is 17.0. The van der Waals surface area contributed by atoms with Gasteiger partial charge in [-0.15, -0.1) is 11.8 Å². The molecular weight excluding hydrogens is 399 g/mol. The monoisotopic (exact) mass is 420 g/mol. The smallest absolute Gasteiger partial charge is 0.249 e. The van der Waals surface area contributed by atoms with Gasteiger partial charge < -0.3 is 10.2 Å². The first-order chi connectivity index (χ1) is 14.6. The Kier molecular flexibility index (Phi) is 6.14. The number of amides is 2. The van der Waals surface area contributed by atoms with Crippen molar-refractivity contribution in [1.29, 1.82) is 0 Å². The van der Waals surface area contributed by atoms with Crippen LogP contribution in [-0.2, 0) is 9.59 Å². The quantitative estimate of drug-likeness (QED) is 0.594. The van der Waals surface area contributed by atoms with Crippen molar-refractivity contribution in [2.45, 2.75) is 22.6 Å². The Bertz CT molecular complexity index is 1030. The fraction of sp³-hybridized carbons (Fsp3) is 0.167. The van der Waals surface area contributed by atoms with Crippen molar-refractivity contribution in [3.8, 4) is 0 Å². The summed E-state index contributed by atoms with van der Waals surface area (Å²) in [5.41, 5.74) is 1.11. The zero-order valence-corrected chi connectivity index (χ0v) is 17.0. The van der Waals surface area contributed by atoms with E-state index in [0.29, 0.717) is 13.0 Å². The van der Waals surface area contributed by atoms with Crippen LogP contribution in [0, 0.1) is 5.82 Å². The SMILES string of the molecule is O=C(NC1CCN(c2ccccc2F)C1=O)C(Sc1ccccc1)c1ccccc1. The standard InChI is InChI=1S/C24H21FN2O2S/c25-19-13-7-8-14-21(19)27-16-15-20(24(27)29)26-23(28)22(17-9-3-1-4-10-17)30-18-11-5-2-6-12-18/h1-14,20,22H,15-16H2,(H,26,28). The van der Waals surface area contributed by atoms with Crippen LogP contribution in [0.3, 0.4) is 0 Å². The van der Waals surface area contributed by atoms with Gasteiger partial charge in [-0.25, -0.2) is 4.39 Å². The van der Waals surface area contributed by atoms with Crippen molar-refractivity contribution in [2.75, 3.05) is 11.4 Å². The molecular formula is C24H21FN2O2S. The predicted molar refractivity (Wildman–Crippen MR) is 117 cm³/mol. The molecule has 0 spiro atoms. The molecule has 1 fully saturated rings. The average Bonchev–Trinajstić information content (AvgIpc) is 3.13. The van der Waals surface area contributed by atoms with Crippen molar-refractivity contribution < 1.29 is 14.0 Å². The number of para-hydroxylation sites is 1. The lowest BCUT2D eigenvalue weighted by atomic mass is 10.1.